The average molecular weight is 295 g/mol. The number of thiazole rings is 1. The Bertz CT molecular complexity index is 413. The van der Waals surface area contributed by atoms with Gasteiger partial charge in [0.2, 0.25) is 0 Å². The first-order valence-corrected chi connectivity index (χ1v) is 9.03. The number of rotatable bonds is 5. The van der Waals surface area contributed by atoms with Gasteiger partial charge in [-0.05, 0) is 43.9 Å². The van der Waals surface area contributed by atoms with Crippen molar-refractivity contribution >= 4 is 11.3 Å². The normalized spacial score (nSPS) is 28.8. The lowest BCUT2D eigenvalue weighted by atomic mass is 9.74. The fraction of sp³-hybridized carbons (Fsp3) is 0.824. The monoisotopic (exact) mass is 294 g/mol. The molecule has 20 heavy (non-hydrogen) atoms. The maximum atomic E-state index is 4.60. The van der Waals surface area contributed by atoms with Crippen molar-refractivity contribution in [1.82, 2.24) is 10.3 Å². The molecule has 0 bridgehead atoms. The van der Waals surface area contributed by atoms with Gasteiger partial charge in [0, 0.05) is 17.1 Å². The molecule has 2 rings (SSSR count). The fourth-order valence-corrected chi connectivity index (χ4v) is 4.34. The molecule has 1 aliphatic carbocycles. The van der Waals surface area contributed by atoms with Crippen LogP contribution in [0.4, 0.5) is 0 Å². The molecule has 1 N–H and O–H groups in total. The van der Waals surface area contributed by atoms with Crippen LogP contribution in [0.25, 0.3) is 0 Å². The smallest absolute Gasteiger partial charge is 0.109 e. The highest BCUT2D eigenvalue weighted by molar-refractivity contribution is 7.11. The minimum absolute atomic E-state index is 0.386. The maximum Gasteiger partial charge on any atom is 0.109 e. The molecular formula is C17H30N2S. The van der Waals surface area contributed by atoms with Crippen LogP contribution in [-0.2, 0) is 6.42 Å². The van der Waals surface area contributed by atoms with Crippen LogP contribution in [0, 0.1) is 17.8 Å². The molecular weight excluding hydrogens is 264 g/mol. The van der Waals surface area contributed by atoms with Crippen molar-refractivity contribution in [1.29, 1.82) is 0 Å². The van der Waals surface area contributed by atoms with E-state index in [-0.39, 0.29) is 0 Å². The Morgan fingerprint density at radius 3 is 2.70 bits per heavy atom. The summed E-state index contributed by atoms with van der Waals surface area (Å²) in [5, 5.41) is 5.13. The van der Waals surface area contributed by atoms with Crippen molar-refractivity contribution in [3.8, 4) is 0 Å². The van der Waals surface area contributed by atoms with Crippen molar-refractivity contribution in [2.75, 3.05) is 0 Å². The number of aromatic nitrogens is 1. The molecule has 1 saturated carbocycles. The van der Waals surface area contributed by atoms with E-state index in [4.69, 9.17) is 0 Å². The third-order valence-corrected chi connectivity index (χ3v) is 6.10. The third-order valence-electron chi connectivity index (χ3n) is 4.78. The van der Waals surface area contributed by atoms with E-state index in [1.807, 2.05) is 17.5 Å². The molecule has 1 aromatic rings. The second kappa shape index (κ2) is 7.04. The standard InChI is InChI=1S/C17H30N2S/c1-6-14-10-18-17(20-14)13(5)19-16-9-12(4)7-8-15(16)11(2)3/h10-13,15-16,19H,6-9H2,1-5H3. The minimum atomic E-state index is 0.386. The van der Waals surface area contributed by atoms with Gasteiger partial charge < -0.3 is 5.32 Å². The minimum Gasteiger partial charge on any atom is -0.305 e. The molecule has 0 aliphatic heterocycles. The van der Waals surface area contributed by atoms with Crippen LogP contribution in [0.2, 0.25) is 0 Å². The summed E-state index contributed by atoms with van der Waals surface area (Å²) in [6, 6.07) is 1.04. The van der Waals surface area contributed by atoms with Gasteiger partial charge in [-0.15, -0.1) is 11.3 Å². The summed E-state index contributed by atoms with van der Waals surface area (Å²) < 4.78 is 0. The van der Waals surface area contributed by atoms with Gasteiger partial charge in [-0.1, -0.05) is 34.1 Å². The van der Waals surface area contributed by atoms with E-state index in [0.717, 1.165) is 24.2 Å². The summed E-state index contributed by atoms with van der Waals surface area (Å²) in [5.41, 5.74) is 0. The zero-order valence-corrected chi connectivity index (χ0v) is 14.5. The van der Waals surface area contributed by atoms with E-state index in [9.17, 15) is 0 Å². The molecule has 1 aromatic heterocycles. The Labute approximate surface area is 128 Å². The Kier molecular flexibility index (Phi) is 5.62. The van der Waals surface area contributed by atoms with Crippen molar-refractivity contribution in [3.05, 3.63) is 16.1 Å². The second-order valence-corrected chi connectivity index (χ2v) is 7.99. The van der Waals surface area contributed by atoms with Crippen LogP contribution >= 0.6 is 11.3 Å². The first kappa shape index (κ1) is 16.0. The molecule has 0 spiro atoms. The lowest BCUT2D eigenvalue weighted by molar-refractivity contribution is 0.161. The van der Waals surface area contributed by atoms with Crippen molar-refractivity contribution in [3.63, 3.8) is 0 Å². The van der Waals surface area contributed by atoms with Gasteiger partial charge in [-0.3, -0.25) is 0 Å². The van der Waals surface area contributed by atoms with Gasteiger partial charge in [0.25, 0.3) is 0 Å². The van der Waals surface area contributed by atoms with Crippen LogP contribution in [0.5, 0.6) is 0 Å². The quantitative estimate of drug-likeness (QED) is 0.842. The van der Waals surface area contributed by atoms with Crippen molar-refractivity contribution in [2.24, 2.45) is 17.8 Å². The summed E-state index contributed by atoms with van der Waals surface area (Å²) in [6.45, 7) is 11.6. The zero-order chi connectivity index (χ0) is 14.7. The second-order valence-electron chi connectivity index (χ2n) is 6.84. The van der Waals surface area contributed by atoms with E-state index in [2.05, 4.69) is 44.9 Å². The predicted octanol–water partition coefficient (Wildman–Crippen LogP) is 4.82. The maximum absolute atomic E-state index is 4.60. The van der Waals surface area contributed by atoms with E-state index < -0.39 is 0 Å². The Balaban J connectivity index is 2.01. The Morgan fingerprint density at radius 1 is 1.35 bits per heavy atom. The van der Waals surface area contributed by atoms with Crippen LogP contribution in [-0.4, -0.2) is 11.0 Å². The molecule has 114 valence electrons. The van der Waals surface area contributed by atoms with Crippen LogP contribution < -0.4 is 5.32 Å². The van der Waals surface area contributed by atoms with Crippen LogP contribution in [0.3, 0.4) is 0 Å². The summed E-state index contributed by atoms with van der Waals surface area (Å²) in [5.74, 6) is 2.45. The van der Waals surface area contributed by atoms with Gasteiger partial charge in [-0.25, -0.2) is 4.98 Å². The molecule has 0 amide bonds. The topological polar surface area (TPSA) is 24.9 Å². The molecule has 1 aliphatic rings. The zero-order valence-electron chi connectivity index (χ0n) is 13.6. The van der Waals surface area contributed by atoms with Crippen LogP contribution in [0.1, 0.15) is 69.8 Å². The third kappa shape index (κ3) is 3.82. The first-order valence-electron chi connectivity index (χ1n) is 8.21. The highest BCUT2D eigenvalue weighted by Crippen LogP contribution is 2.35. The highest BCUT2D eigenvalue weighted by Gasteiger charge is 2.31. The molecule has 2 nitrogen and oxygen atoms in total. The molecule has 4 atom stereocenters. The number of aryl methyl sites for hydroxylation is 1. The van der Waals surface area contributed by atoms with E-state index in [1.54, 1.807) is 0 Å². The Morgan fingerprint density at radius 2 is 2.10 bits per heavy atom. The summed E-state index contributed by atoms with van der Waals surface area (Å²) >= 11 is 1.87. The lowest BCUT2D eigenvalue weighted by Crippen LogP contribution is -2.43. The predicted molar refractivity (Wildman–Crippen MR) is 88.2 cm³/mol. The molecule has 1 fully saturated rings. The summed E-state index contributed by atoms with van der Waals surface area (Å²) in [4.78, 5) is 5.99. The number of nitrogens with one attached hydrogen (secondary N) is 1. The summed E-state index contributed by atoms with van der Waals surface area (Å²) in [7, 11) is 0. The number of hydrogen-bond acceptors (Lipinski definition) is 3. The molecule has 0 aromatic carbocycles. The number of hydrogen-bond donors (Lipinski definition) is 1. The SMILES string of the molecule is CCc1cnc(C(C)NC2CC(C)CCC2C(C)C)s1. The first-order chi connectivity index (χ1) is 9.51. The molecule has 4 unspecified atom stereocenters. The van der Waals surface area contributed by atoms with E-state index >= 15 is 0 Å². The van der Waals surface area contributed by atoms with Gasteiger partial charge in [0.05, 0.1) is 6.04 Å². The fourth-order valence-electron chi connectivity index (χ4n) is 3.47. The van der Waals surface area contributed by atoms with Crippen molar-refractivity contribution in [2.45, 2.75) is 72.4 Å². The largest absolute Gasteiger partial charge is 0.305 e. The van der Waals surface area contributed by atoms with E-state index in [0.29, 0.717) is 12.1 Å². The van der Waals surface area contributed by atoms with Crippen molar-refractivity contribution < 1.29 is 0 Å². The molecule has 0 saturated heterocycles. The summed E-state index contributed by atoms with van der Waals surface area (Å²) in [6.07, 6.45) is 7.23. The molecule has 3 heteroatoms. The average Bonchev–Trinajstić information content (AvgIpc) is 2.87. The van der Waals surface area contributed by atoms with E-state index in [1.165, 1.54) is 29.1 Å². The highest BCUT2D eigenvalue weighted by atomic mass is 32.1. The Hall–Kier alpha value is -0.410. The number of nitrogens with zero attached hydrogens (tertiary/aromatic N) is 1. The van der Waals surface area contributed by atoms with Gasteiger partial charge >= 0.3 is 0 Å². The molecule has 0 radical (unpaired) electrons. The van der Waals surface area contributed by atoms with Crippen LogP contribution in [0.15, 0.2) is 6.20 Å². The van der Waals surface area contributed by atoms with Gasteiger partial charge in [0.15, 0.2) is 0 Å². The lowest BCUT2D eigenvalue weighted by Gasteiger charge is -2.39. The van der Waals surface area contributed by atoms with Gasteiger partial charge in [0.1, 0.15) is 5.01 Å². The van der Waals surface area contributed by atoms with Gasteiger partial charge in [-0.2, -0.15) is 0 Å². The molecule has 1 heterocycles.